The second-order valence-corrected chi connectivity index (χ2v) is 5.28. The molecule has 3 aromatic rings. The molecule has 0 saturated carbocycles. The third kappa shape index (κ3) is 2.79. The number of aromatic nitrogens is 4. The first-order valence-electron chi connectivity index (χ1n) is 6.83. The Hall–Kier alpha value is -2.63. The van der Waals surface area contributed by atoms with Gasteiger partial charge in [0.1, 0.15) is 23.4 Å². The van der Waals surface area contributed by atoms with Crippen LogP contribution in [0.1, 0.15) is 13.8 Å². The molecule has 2 aromatic heterocycles. The molecule has 0 radical (unpaired) electrons. The fourth-order valence-electron chi connectivity index (χ4n) is 1.98. The van der Waals surface area contributed by atoms with Crippen LogP contribution in [-0.4, -0.2) is 26.5 Å². The van der Waals surface area contributed by atoms with E-state index < -0.39 is 0 Å². The molecule has 0 bridgehead atoms. The van der Waals surface area contributed by atoms with Crippen molar-refractivity contribution in [3.05, 3.63) is 30.6 Å². The molecule has 0 unspecified atom stereocenters. The van der Waals surface area contributed by atoms with E-state index in [-0.39, 0.29) is 0 Å². The number of hydrogen-bond donors (Lipinski definition) is 2. The Bertz CT molecular complexity index is 766. The Labute approximate surface area is 122 Å². The molecule has 21 heavy (non-hydrogen) atoms. The van der Waals surface area contributed by atoms with Gasteiger partial charge in [-0.3, -0.25) is 0 Å². The van der Waals surface area contributed by atoms with Crippen molar-refractivity contribution in [1.82, 2.24) is 19.9 Å². The van der Waals surface area contributed by atoms with Crippen LogP contribution < -0.4 is 10.5 Å². The molecule has 0 aliphatic carbocycles. The number of anilines is 1. The highest BCUT2D eigenvalue weighted by molar-refractivity contribution is 5.84. The van der Waals surface area contributed by atoms with Crippen LogP contribution in [0.2, 0.25) is 0 Å². The van der Waals surface area contributed by atoms with Crippen molar-refractivity contribution in [1.29, 1.82) is 0 Å². The topological polar surface area (TPSA) is 89.7 Å². The number of nitrogens with two attached hydrogens (primary N) is 1. The summed E-state index contributed by atoms with van der Waals surface area (Å²) in [5.41, 5.74) is 7.95. The fraction of sp³-hybridized carbons (Fsp3) is 0.267. The van der Waals surface area contributed by atoms with Gasteiger partial charge in [0.2, 0.25) is 0 Å². The molecular weight excluding hydrogens is 266 g/mol. The first-order chi connectivity index (χ1) is 10.1. The smallest absolute Gasteiger partial charge is 0.183 e. The molecule has 3 N–H and O–H groups in total. The highest BCUT2D eigenvalue weighted by Crippen LogP contribution is 2.24. The van der Waals surface area contributed by atoms with Crippen molar-refractivity contribution in [3.8, 4) is 17.1 Å². The van der Waals surface area contributed by atoms with Crippen LogP contribution in [0.15, 0.2) is 30.6 Å². The minimum atomic E-state index is 0.394. The van der Waals surface area contributed by atoms with Crippen molar-refractivity contribution in [2.45, 2.75) is 13.8 Å². The zero-order valence-corrected chi connectivity index (χ0v) is 12.0. The predicted octanol–water partition coefficient (Wildman–Crippen LogP) is 2.64. The second-order valence-electron chi connectivity index (χ2n) is 5.28. The number of aromatic amines is 1. The van der Waals surface area contributed by atoms with Crippen LogP contribution in [0.25, 0.3) is 22.6 Å². The van der Waals surface area contributed by atoms with Gasteiger partial charge >= 0.3 is 0 Å². The Kier molecular flexibility index (Phi) is 3.43. The Balaban J connectivity index is 1.94. The van der Waals surface area contributed by atoms with E-state index in [4.69, 9.17) is 10.5 Å². The van der Waals surface area contributed by atoms with Gasteiger partial charge in [0.15, 0.2) is 11.5 Å². The van der Waals surface area contributed by atoms with Crippen molar-refractivity contribution >= 4 is 17.0 Å². The maximum Gasteiger partial charge on any atom is 0.183 e. The average Bonchev–Trinajstić information content (AvgIpc) is 2.91. The van der Waals surface area contributed by atoms with Crippen LogP contribution in [0.3, 0.4) is 0 Å². The number of benzene rings is 1. The number of rotatable bonds is 4. The third-order valence-electron chi connectivity index (χ3n) is 3.01. The molecule has 0 saturated heterocycles. The zero-order valence-electron chi connectivity index (χ0n) is 12.0. The molecule has 3 rings (SSSR count). The summed E-state index contributed by atoms with van der Waals surface area (Å²) in [6, 6.07) is 7.78. The lowest BCUT2D eigenvalue weighted by Gasteiger charge is -2.09. The van der Waals surface area contributed by atoms with Gasteiger partial charge in [0, 0.05) is 5.56 Å². The lowest BCUT2D eigenvalue weighted by Crippen LogP contribution is -2.04. The van der Waals surface area contributed by atoms with Gasteiger partial charge in [-0.05, 0) is 18.1 Å². The van der Waals surface area contributed by atoms with Crippen LogP contribution in [0.4, 0.5) is 5.82 Å². The molecule has 0 fully saturated rings. The summed E-state index contributed by atoms with van der Waals surface area (Å²) >= 11 is 0. The largest absolute Gasteiger partial charge is 0.493 e. The molecule has 108 valence electrons. The summed E-state index contributed by atoms with van der Waals surface area (Å²) in [5.74, 6) is 2.40. The van der Waals surface area contributed by atoms with Gasteiger partial charge in [0.25, 0.3) is 0 Å². The lowest BCUT2D eigenvalue weighted by atomic mass is 10.2. The standard InChI is InChI=1S/C15H17N5O/c1-9(2)7-21-11-5-3-4-10(6-11)14-19-12-13(16)17-8-18-15(12)20-14/h3-6,8-9H,7H2,1-2H3,(H3,16,17,18,19,20). The zero-order chi connectivity index (χ0) is 14.8. The fourth-order valence-corrected chi connectivity index (χ4v) is 1.98. The molecular formula is C15H17N5O. The van der Waals surface area contributed by atoms with Gasteiger partial charge in [0.05, 0.1) is 6.61 Å². The maximum absolute atomic E-state index is 5.81. The van der Waals surface area contributed by atoms with Gasteiger partial charge in [-0.25, -0.2) is 15.0 Å². The normalized spacial score (nSPS) is 11.2. The number of imidazole rings is 1. The van der Waals surface area contributed by atoms with E-state index in [0.717, 1.165) is 11.3 Å². The SMILES string of the molecule is CC(C)COc1cccc(-c2nc3ncnc(N)c3[nH]2)c1. The van der Waals surface area contributed by atoms with Crippen LogP contribution >= 0.6 is 0 Å². The van der Waals surface area contributed by atoms with Crippen LogP contribution in [0, 0.1) is 5.92 Å². The summed E-state index contributed by atoms with van der Waals surface area (Å²) < 4.78 is 5.73. The minimum Gasteiger partial charge on any atom is -0.493 e. The van der Waals surface area contributed by atoms with E-state index in [1.54, 1.807) is 0 Å². The van der Waals surface area contributed by atoms with Crippen molar-refractivity contribution in [3.63, 3.8) is 0 Å². The number of nitrogens with one attached hydrogen (secondary N) is 1. The number of nitrogen functional groups attached to an aromatic ring is 1. The van der Waals surface area contributed by atoms with Crippen LogP contribution in [0.5, 0.6) is 5.75 Å². The van der Waals surface area contributed by atoms with Gasteiger partial charge in [-0.1, -0.05) is 26.0 Å². The number of fused-ring (bicyclic) bond motifs is 1. The summed E-state index contributed by atoms with van der Waals surface area (Å²) in [5, 5.41) is 0. The van der Waals surface area contributed by atoms with E-state index in [0.29, 0.717) is 35.3 Å². The molecule has 6 nitrogen and oxygen atoms in total. The Morgan fingerprint density at radius 3 is 2.90 bits per heavy atom. The van der Waals surface area contributed by atoms with E-state index in [1.807, 2.05) is 24.3 Å². The van der Waals surface area contributed by atoms with Crippen molar-refractivity contribution in [2.24, 2.45) is 5.92 Å². The number of ether oxygens (including phenoxy) is 1. The van der Waals surface area contributed by atoms with Gasteiger partial charge in [-0.2, -0.15) is 0 Å². The minimum absolute atomic E-state index is 0.394. The van der Waals surface area contributed by atoms with E-state index >= 15 is 0 Å². The predicted molar refractivity (Wildman–Crippen MR) is 81.9 cm³/mol. The maximum atomic E-state index is 5.81. The van der Waals surface area contributed by atoms with E-state index in [2.05, 4.69) is 33.8 Å². The summed E-state index contributed by atoms with van der Waals surface area (Å²) in [6.45, 7) is 4.91. The van der Waals surface area contributed by atoms with E-state index in [1.165, 1.54) is 6.33 Å². The summed E-state index contributed by atoms with van der Waals surface area (Å²) in [4.78, 5) is 15.7. The average molecular weight is 283 g/mol. The summed E-state index contributed by atoms with van der Waals surface area (Å²) in [6.07, 6.45) is 1.41. The quantitative estimate of drug-likeness (QED) is 0.768. The second kappa shape index (κ2) is 5.40. The molecule has 0 spiro atoms. The highest BCUT2D eigenvalue weighted by atomic mass is 16.5. The molecule has 2 heterocycles. The number of nitrogens with zero attached hydrogens (tertiary/aromatic N) is 3. The summed E-state index contributed by atoms with van der Waals surface area (Å²) in [7, 11) is 0. The first-order valence-corrected chi connectivity index (χ1v) is 6.83. The Morgan fingerprint density at radius 2 is 2.14 bits per heavy atom. The third-order valence-corrected chi connectivity index (χ3v) is 3.01. The molecule has 0 aliphatic rings. The van der Waals surface area contributed by atoms with Crippen molar-refractivity contribution < 1.29 is 4.74 Å². The molecule has 1 aromatic carbocycles. The number of H-pyrrole nitrogens is 1. The molecule has 6 heteroatoms. The molecule has 0 aliphatic heterocycles. The number of hydrogen-bond acceptors (Lipinski definition) is 5. The van der Waals surface area contributed by atoms with Gasteiger partial charge < -0.3 is 15.5 Å². The monoisotopic (exact) mass is 283 g/mol. The molecule has 0 amide bonds. The van der Waals surface area contributed by atoms with Gasteiger partial charge in [-0.15, -0.1) is 0 Å². The molecule has 0 atom stereocenters. The lowest BCUT2D eigenvalue weighted by molar-refractivity contribution is 0.271. The van der Waals surface area contributed by atoms with Crippen molar-refractivity contribution in [2.75, 3.05) is 12.3 Å². The van der Waals surface area contributed by atoms with Crippen LogP contribution in [-0.2, 0) is 0 Å². The van der Waals surface area contributed by atoms with E-state index in [9.17, 15) is 0 Å². The highest BCUT2D eigenvalue weighted by Gasteiger charge is 2.10. The first kappa shape index (κ1) is 13.4. The Morgan fingerprint density at radius 1 is 1.29 bits per heavy atom.